The third-order valence-electron chi connectivity index (χ3n) is 1.88. The second-order valence-electron chi connectivity index (χ2n) is 3.30. The second-order valence-corrected chi connectivity index (χ2v) is 3.30. The van der Waals surface area contributed by atoms with Crippen molar-refractivity contribution >= 4 is 6.98 Å². The molecule has 0 aliphatic carbocycles. The van der Waals surface area contributed by atoms with Gasteiger partial charge in [-0.2, -0.15) is 13.2 Å². The normalized spacial score (nSPS) is 12.1. The summed E-state index contributed by atoms with van der Waals surface area (Å²) in [4.78, 5) is 3.05. The van der Waals surface area contributed by atoms with Crippen molar-refractivity contribution in [2.75, 3.05) is 0 Å². The van der Waals surface area contributed by atoms with Gasteiger partial charge in [0.25, 0.3) is 0 Å². The fraction of sp³-hybridized carbons (Fsp3) is 0.375. The molecule has 0 amide bonds. The van der Waals surface area contributed by atoms with Gasteiger partial charge in [-0.25, -0.2) is 0 Å². The number of halogens is 6. The summed E-state index contributed by atoms with van der Waals surface area (Å²) in [6.07, 6.45) is -5.29. The van der Waals surface area contributed by atoms with Gasteiger partial charge < -0.3 is 12.9 Å². The molecule has 0 atom stereocenters. The van der Waals surface area contributed by atoms with Crippen LogP contribution in [0.2, 0.25) is 6.32 Å². The maximum atomic E-state index is 12.2. The van der Waals surface area contributed by atoms with Gasteiger partial charge in [-0.05, 0) is 17.7 Å². The second kappa shape index (κ2) is 6.56. The summed E-state index contributed by atoms with van der Waals surface area (Å²) in [7, 11) is 0. The molecule has 1 nitrogen and oxygen atoms in total. The summed E-state index contributed by atoms with van der Waals surface area (Å²) in [5, 5.41) is 0. The molecular formula is C8H7BF6KN. The van der Waals surface area contributed by atoms with E-state index in [9.17, 15) is 26.1 Å². The summed E-state index contributed by atoms with van der Waals surface area (Å²) < 4.78 is 72.2. The van der Waals surface area contributed by atoms with Gasteiger partial charge in [0.2, 0.25) is 0 Å². The molecule has 17 heavy (non-hydrogen) atoms. The molecule has 9 heteroatoms. The molecule has 0 aliphatic heterocycles. The van der Waals surface area contributed by atoms with Gasteiger partial charge in [0.05, 0.1) is 0 Å². The zero-order valence-electron chi connectivity index (χ0n) is 8.94. The smallest absolute Gasteiger partial charge is 0.449 e. The quantitative estimate of drug-likeness (QED) is 0.580. The third kappa shape index (κ3) is 6.80. The van der Waals surface area contributed by atoms with Crippen LogP contribution in [0.1, 0.15) is 11.3 Å². The summed E-state index contributed by atoms with van der Waals surface area (Å²) in [5.74, 6) is 0. The number of aromatic nitrogens is 1. The molecule has 0 aliphatic rings. The molecule has 0 radical (unpaired) electrons. The van der Waals surface area contributed by atoms with Gasteiger partial charge in [0.1, 0.15) is 5.69 Å². The van der Waals surface area contributed by atoms with Crippen LogP contribution < -0.4 is 51.4 Å². The molecule has 90 valence electrons. The van der Waals surface area contributed by atoms with Crippen molar-refractivity contribution in [3.8, 4) is 0 Å². The monoisotopic (exact) mass is 281 g/mol. The van der Waals surface area contributed by atoms with Crippen molar-refractivity contribution in [3.05, 3.63) is 29.6 Å². The average Bonchev–Trinajstić information content (AvgIpc) is 2.13. The van der Waals surface area contributed by atoms with E-state index in [1.807, 2.05) is 0 Å². The Morgan fingerprint density at radius 3 is 2.24 bits per heavy atom. The number of pyridine rings is 1. The first-order valence-corrected chi connectivity index (χ1v) is 4.41. The Bertz CT molecular complexity index is 364. The minimum absolute atomic E-state index is 0. The van der Waals surface area contributed by atoms with Crippen LogP contribution in [0, 0.1) is 0 Å². The van der Waals surface area contributed by atoms with Crippen LogP contribution in [0.25, 0.3) is 0 Å². The van der Waals surface area contributed by atoms with Crippen LogP contribution in [0.5, 0.6) is 0 Å². The van der Waals surface area contributed by atoms with Crippen LogP contribution >= 0.6 is 0 Å². The Kier molecular flexibility index (Phi) is 6.72. The fourth-order valence-corrected chi connectivity index (χ4v) is 1.12. The Morgan fingerprint density at radius 2 is 1.76 bits per heavy atom. The Morgan fingerprint density at radius 1 is 1.18 bits per heavy atom. The molecular weight excluding hydrogens is 274 g/mol. The Labute approximate surface area is 136 Å². The predicted molar refractivity (Wildman–Crippen MR) is 46.8 cm³/mol. The van der Waals surface area contributed by atoms with Crippen LogP contribution in [0.4, 0.5) is 26.1 Å². The van der Waals surface area contributed by atoms with Crippen molar-refractivity contribution in [2.24, 2.45) is 0 Å². The standard InChI is InChI=1S/C8H7BF6N.K/c10-8(11,12)7-5-6(2-4-16-7)1-3-9(13,14)15;/h2,4-5H,1,3H2;/q-1;+1. The predicted octanol–water partition coefficient (Wildman–Crippen LogP) is 0.494. The zero-order chi connectivity index (χ0) is 12.4. The van der Waals surface area contributed by atoms with E-state index in [1.54, 1.807) is 0 Å². The van der Waals surface area contributed by atoms with Gasteiger partial charge >= 0.3 is 64.5 Å². The van der Waals surface area contributed by atoms with Gasteiger partial charge in [-0.3, -0.25) is 4.98 Å². The maximum Gasteiger partial charge on any atom is 1.00 e. The number of rotatable bonds is 3. The molecule has 0 fully saturated rings. The summed E-state index contributed by atoms with van der Waals surface area (Å²) in [6, 6.07) is 1.79. The van der Waals surface area contributed by atoms with Crippen molar-refractivity contribution < 1.29 is 77.5 Å². The van der Waals surface area contributed by atoms with Crippen molar-refractivity contribution in [2.45, 2.75) is 18.9 Å². The molecule has 0 unspecified atom stereocenters. The number of alkyl halides is 3. The van der Waals surface area contributed by atoms with Gasteiger partial charge in [-0.1, -0.05) is 12.7 Å². The molecule has 1 aromatic heterocycles. The van der Waals surface area contributed by atoms with Gasteiger partial charge in [0.15, 0.2) is 0 Å². The van der Waals surface area contributed by atoms with E-state index in [0.29, 0.717) is 6.07 Å². The average molecular weight is 281 g/mol. The van der Waals surface area contributed by atoms with E-state index in [2.05, 4.69) is 4.98 Å². The van der Waals surface area contributed by atoms with E-state index in [0.717, 1.165) is 12.3 Å². The first-order valence-electron chi connectivity index (χ1n) is 4.41. The summed E-state index contributed by atoms with van der Waals surface area (Å²) in [6.45, 7) is -4.97. The van der Waals surface area contributed by atoms with E-state index in [-0.39, 0.29) is 56.9 Å². The number of hydrogen-bond acceptors (Lipinski definition) is 1. The SMILES string of the molecule is F[B-](F)(F)CCc1ccnc(C(F)(F)F)c1.[K+]. The minimum atomic E-state index is -4.97. The zero-order valence-corrected chi connectivity index (χ0v) is 12.1. The van der Waals surface area contributed by atoms with E-state index < -0.39 is 31.6 Å². The molecule has 0 bridgehead atoms. The molecule has 0 aromatic carbocycles. The van der Waals surface area contributed by atoms with Crippen molar-refractivity contribution in [1.82, 2.24) is 4.98 Å². The first-order chi connectivity index (χ1) is 7.18. The summed E-state index contributed by atoms with van der Waals surface area (Å²) in [5.41, 5.74) is -1.18. The van der Waals surface area contributed by atoms with Crippen LogP contribution in [0.3, 0.4) is 0 Å². The number of nitrogens with zero attached hydrogens (tertiary/aromatic N) is 1. The van der Waals surface area contributed by atoms with E-state index >= 15 is 0 Å². The topological polar surface area (TPSA) is 12.9 Å². The fourth-order valence-electron chi connectivity index (χ4n) is 1.12. The first kappa shape index (κ1) is 17.4. The van der Waals surface area contributed by atoms with E-state index in [4.69, 9.17) is 0 Å². The van der Waals surface area contributed by atoms with Crippen LogP contribution in [0.15, 0.2) is 18.3 Å². The summed E-state index contributed by atoms with van der Waals surface area (Å²) >= 11 is 0. The third-order valence-corrected chi connectivity index (χ3v) is 1.88. The van der Waals surface area contributed by atoms with Crippen LogP contribution in [-0.2, 0) is 12.6 Å². The molecule has 1 rings (SSSR count). The largest absolute Gasteiger partial charge is 1.00 e. The molecule has 0 saturated heterocycles. The molecule has 1 aromatic rings. The van der Waals surface area contributed by atoms with E-state index in [1.165, 1.54) is 0 Å². The Balaban J connectivity index is 0.00000256. The maximum absolute atomic E-state index is 12.2. The number of hydrogen-bond donors (Lipinski definition) is 0. The molecule has 0 N–H and O–H groups in total. The molecule has 1 heterocycles. The molecule has 0 saturated carbocycles. The minimum Gasteiger partial charge on any atom is -0.449 e. The van der Waals surface area contributed by atoms with Gasteiger partial charge in [-0.15, -0.1) is 0 Å². The molecule has 0 spiro atoms. The van der Waals surface area contributed by atoms with Crippen molar-refractivity contribution in [3.63, 3.8) is 0 Å². The van der Waals surface area contributed by atoms with Crippen molar-refractivity contribution in [1.29, 1.82) is 0 Å². The van der Waals surface area contributed by atoms with Gasteiger partial charge in [0, 0.05) is 6.20 Å². The number of aryl methyl sites for hydroxylation is 1. The Hall–Kier alpha value is 0.431. The van der Waals surface area contributed by atoms with Crippen LogP contribution in [-0.4, -0.2) is 12.0 Å².